The fourth-order valence-electron chi connectivity index (χ4n) is 4.37. The number of aromatic nitrogens is 3. The summed E-state index contributed by atoms with van der Waals surface area (Å²) < 4.78 is 19.3. The maximum atomic E-state index is 13.6. The lowest BCUT2D eigenvalue weighted by molar-refractivity contribution is -0.171. The van der Waals surface area contributed by atoms with Crippen LogP contribution >= 0.6 is 11.6 Å². The summed E-state index contributed by atoms with van der Waals surface area (Å²) in [7, 11) is 0. The van der Waals surface area contributed by atoms with Crippen LogP contribution in [-0.2, 0) is 24.6 Å². The van der Waals surface area contributed by atoms with Crippen LogP contribution in [0.15, 0.2) is 30.9 Å². The van der Waals surface area contributed by atoms with E-state index in [0.717, 1.165) is 5.56 Å². The van der Waals surface area contributed by atoms with Gasteiger partial charge in [0.15, 0.2) is 0 Å². The summed E-state index contributed by atoms with van der Waals surface area (Å²) in [6, 6.07) is 5.40. The normalized spacial score (nSPS) is 21.1. The van der Waals surface area contributed by atoms with Gasteiger partial charge in [-0.3, -0.25) is 9.59 Å². The van der Waals surface area contributed by atoms with Gasteiger partial charge in [0.05, 0.1) is 32.8 Å². The van der Waals surface area contributed by atoms with Gasteiger partial charge in [-0.05, 0) is 44.5 Å². The number of morpholine rings is 2. The molecular weight excluding hydrogens is 474 g/mol. The van der Waals surface area contributed by atoms with Gasteiger partial charge in [0.1, 0.15) is 36.2 Å². The van der Waals surface area contributed by atoms with Crippen molar-refractivity contribution in [3.63, 3.8) is 0 Å². The van der Waals surface area contributed by atoms with E-state index >= 15 is 0 Å². The number of rotatable bonds is 7. The summed E-state index contributed by atoms with van der Waals surface area (Å²) >= 11 is 6.15. The fraction of sp³-hybridized carbons (Fsp3) is 0.583. The van der Waals surface area contributed by atoms with Gasteiger partial charge in [-0.25, -0.2) is 9.67 Å². The molecule has 11 heteroatoms. The number of aryl methyl sites for hydroxylation is 1. The summed E-state index contributed by atoms with van der Waals surface area (Å²) in [6.07, 6.45) is 3.02. The topological polar surface area (TPSA) is 99.0 Å². The van der Waals surface area contributed by atoms with E-state index in [0.29, 0.717) is 50.2 Å². The molecule has 0 radical (unpaired) electrons. The molecule has 10 nitrogen and oxygen atoms in total. The van der Waals surface area contributed by atoms with Crippen molar-refractivity contribution >= 4 is 23.4 Å². The fourth-order valence-corrected chi connectivity index (χ4v) is 4.48. The number of nitrogens with zero attached hydrogens (tertiary/aromatic N) is 5. The second-order valence-electron chi connectivity index (χ2n) is 9.53. The Morgan fingerprint density at radius 3 is 2.60 bits per heavy atom. The summed E-state index contributed by atoms with van der Waals surface area (Å²) in [5.41, 5.74) is -1.06. The second kappa shape index (κ2) is 10.5. The minimum absolute atomic E-state index is 0.0472. The van der Waals surface area contributed by atoms with E-state index in [1.54, 1.807) is 40.5 Å². The van der Waals surface area contributed by atoms with Crippen molar-refractivity contribution in [3.8, 4) is 5.75 Å². The molecule has 0 aliphatic carbocycles. The Kier molecular flexibility index (Phi) is 7.63. The predicted molar refractivity (Wildman–Crippen MR) is 128 cm³/mol. The van der Waals surface area contributed by atoms with Gasteiger partial charge in [-0.2, -0.15) is 5.10 Å². The average Bonchev–Trinajstić information content (AvgIpc) is 3.41. The monoisotopic (exact) mass is 505 g/mol. The van der Waals surface area contributed by atoms with Gasteiger partial charge >= 0.3 is 0 Å². The summed E-state index contributed by atoms with van der Waals surface area (Å²) in [6.45, 7) is 8.61. The zero-order valence-corrected chi connectivity index (χ0v) is 21.2. The highest BCUT2D eigenvalue weighted by Crippen LogP contribution is 2.29. The van der Waals surface area contributed by atoms with E-state index in [4.69, 9.17) is 25.8 Å². The Labute approximate surface area is 210 Å². The third-order valence-corrected chi connectivity index (χ3v) is 6.94. The van der Waals surface area contributed by atoms with Crippen molar-refractivity contribution in [2.24, 2.45) is 0 Å². The molecule has 1 aromatic carbocycles. The maximum absolute atomic E-state index is 13.6. The van der Waals surface area contributed by atoms with Crippen molar-refractivity contribution in [2.45, 2.75) is 38.3 Å². The largest absolute Gasteiger partial charge is 0.490 e. The first kappa shape index (κ1) is 25.4. The van der Waals surface area contributed by atoms with Crippen molar-refractivity contribution in [3.05, 3.63) is 41.4 Å². The van der Waals surface area contributed by atoms with Crippen LogP contribution in [0.3, 0.4) is 0 Å². The maximum Gasteiger partial charge on any atom is 0.250 e. The Hall–Kier alpha value is -2.69. The van der Waals surface area contributed by atoms with Gasteiger partial charge < -0.3 is 24.0 Å². The minimum atomic E-state index is -1.00. The van der Waals surface area contributed by atoms with E-state index in [2.05, 4.69) is 10.1 Å². The van der Waals surface area contributed by atoms with Gasteiger partial charge in [0.2, 0.25) is 11.8 Å². The molecule has 0 spiro atoms. The number of carbonyl (C=O) groups excluding carboxylic acids is 2. The molecular formula is C24H32ClN5O5. The highest BCUT2D eigenvalue weighted by Gasteiger charge is 2.45. The standard InChI is InChI=1S/C24H32ClN5O5/c1-18-12-19(4-5-20(18)25)34-15-24(13-21(31)28-6-9-33-10-7-28)14-29(8-11-35-24)22(32)23(2,3)30-17-26-16-27-30/h4-5,12,16-17H,6-11,13-15H2,1-3H3/t24-/m0/s1. The van der Waals surface area contributed by atoms with Crippen molar-refractivity contribution in [1.82, 2.24) is 24.6 Å². The molecule has 3 heterocycles. The Morgan fingerprint density at radius 2 is 1.91 bits per heavy atom. The van der Waals surface area contributed by atoms with E-state index in [-0.39, 0.29) is 31.4 Å². The molecule has 1 aromatic heterocycles. The second-order valence-corrected chi connectivity index (χ2v) is 9.93. The van der Waals surface area contributed by atoms with Gasteiger partial charge in [-0.1, -0.05) is 11.6 Å². The van der Waals surface area contributed by atoms with Crippen LogP contribution in [0.25, 0.3) is 0 Å². The Morgan fingerprint density at radius 1 is 1.17 bits per heavy atom. The van der Waals surface area contributed by atoms with Gasteiger partial charge in [-0.15, -0.1) is 0 Å². The van der Waals surface area contributed by atoms with Crippen molar-refractivity contribution < 1.29 is 23.8 Å². The first-order chi connectivity index (χ1) is 16.7. The Balaban J connectivity index is 1.55. The molecule has 0 N–H and O–H groups in total. The summed E-state index contributed by atoms with van der Waals surface area (Å²) in [4.78, 5) is 34.3. The lowest BCUT2D eigenvalue weighted by Crippen LogP contribution is -2.61. The minimum Gasteiger partial charge on any atom is -0.490 e. The number of carbonyl (C=O) groups is 2. The Bertz CT molecular complexity index is 1040. The van der Waals surface area contributed by atoms with Gasteiger partial charge in [0, 0.05) is 24.7 Å². The molecule has 0 saturated carbocycles. The summed E-state index contributed by atoms with van der Waals surface area (Å²) in [5, 5.41) is 4.81. The average molecular weight is 506 g/mol. The molecule has 1 atom stereocenters. The molecule has 2 aliphatic heterocycles. The van der Waals surface area contributed by atoms with Crippen LogP contribution in [0.4, 0.5) is 0 Å². The highest BCUT2D eigenvalue weighted by molar-refractivity contribution is 6.31. The quantitative estimate of drug-likeness (QED) is 0.566. The van der Waals surface area contributed by atoms with Crippen LogP contribution in [0, 0.1) is 6.92 Å². The molecule has 35 heavy (non-hydrogen) atoms. The molecule has 190 valence electrons. The molecule has 2 saturated heterocycles. The third kappa shape index (κ3) is 5.76. The molecule has 2 fully saturated rings. The predicted octanol–water partition coefficient (Wildman–Crippen LogP) is 1.90. The van der Waals surface area contributed by atoms with Crippen LogP contribution in [0.2, 0.25) is 5.02 Å². The van der Waals surface area contributed by atoms with Crippen molar-refractivity contribution in [1.29, 1.82) is 0 Å². The number of benzene rings is 1. The van der Waals surface area contributed by atoms with Crippen LogP contribution < -0.4 is 4.74 Å². The van der Waals surface area contributed by atoms with Crippen LogP contribution in [0.1, 0.15) is 25.8 Å². The van der Waals surface area contributed by atoms with E-state index in [1.165, 1.54) is 12.7 Å². The smallest absolute Gasteiger partial charge is 0.250 e. The molecule has 2 amide bonds. The number of halogens is 1. The highest BCUT2D eigenvalue weighted by atomic mass is 35.5. The van der Waals surface area contributed by atoms with Gasteiger partial charge in [0.25, 0.3) is 0 Å². The molecule has 2 aromatic rings. The molecule has 4 rings (SSSR count). The van der Waals surface area contributed by atoms with Crippen molar-refractivity contribution in [2.75, 3.05) is 52.6 Å². The van der Waals surface area contributed by atoms with E-state index in [1.807, 2.05) is 13.0 Å². The molecule has 0 bridgehead atoms. The van der Waals surface area contributed by atoms with E-state index < -0.39 is 11.1 Å². The third-order valence-electron chi connectivity index (χ3n) is 6.52. The van der Waals surface area contributed by atoms with Crippen LogP contribution in [-0.4, -0.2) is 94.6 Å². The zero-order chi connectivity index (χ0) is 25.1. The summed E-state index contributed by atoms with van der Waals surface area (Å²) in [5.74, 6) is 0.450. The number of hydrogen-bond donors (Lipinski definition) is 0. The lowest BCUT2D eigenvalue weighted by Gasteiger charge is -2.44. The van der Waals surface area contributed by atoms with E-state index in [9.17, 15) is 9.59 Å². The lowest BCUT2D eigenvalue weighted by atomic mass is 9.94. The number of hydrogen-bond acceptors (Lipinski definition) is 7. The van der Waals surface area contributed by atoms with Crippen LogP contribution in [0.5, 0.6) is 5.75 Å². The first-order valence-corrected chi connectivity index (χ1v) is 12.1. The SMILES string of the molecule is Cc1cc(OC[C@]2(CC(=O)N3CCOCC3)CN(C(=O)C(C)(C)n3cncn3)CCO2)ccc1Cl. The molecule has 2 aliphatic rings. The zero-order valence-electron chi connectivity index (χ0n) is 20.4. The number of ether oxygens (including phenoxy) is 3. The number of amides is 2. The molecule has 0 unspecified atom stereocenters. The first-order valence-electron chi connectivity index (χ1n) is 11.7.